The van der Waals surface area contributed by atoms with Gasteiger partial charge in [-0.2, -0.15) is 0 Å². The minimum Gasteiger partial charge on any atom is -0.487 e. The van der Waals surface area contributed by atoms with Crippen LogP contribution in [0.2, 0.25) is 0 Å². The lowest BCUT2D eigenvalue weighted by molar-refractivity contribution is -0.119. The molecular weight excluding hydrogens is 228 g/mol. The van der Waals surface area contributed by atoms with Crippen LogP contribution in [0, 0.1) is 6.92 Å². The highest BCUT2D eigenvalue weighted by Crippen LogP contribution is 2.34. The predicted octanol–water partition coefficient (Wildman–Crippen LogP) is 1.72. The molecule has 4 heteroatoms. The number of nitrogens with zero attached hydrogens (tertiary/aromatic N) is 1. The van der Waals surface area contributed by atoms with E-state index in [1.807, 2.05) is 44.0 Å². The molecule has 1 heterocycles. The lowest BCUT2D eigenvalue weighted by Crippen LogP contribution is -2.43. The minimum absolute atomic E-state index is 0.0397. The molecule has 0 saturated carbocycles. The maximum Gasteiger partial charge on any atom is 0.228 e. The van der Waals surface area contributed by atoms with Crippen molar-refractivity contribution in [3.8, 4) is 5.75 Å². The van der Waals surface area contributed by atoms with Crippen molar-refractivity contribution in [3.63, 3.8) is 0 Å². The predicted molar refractivity (Wildman–Crippen MR) is 72.2 cm³/mol. The van der Waals surface area contributed by atoms with E-state index in [2.05, 4.69) is 5.32 Å². The van der Waals surface area contributed by atoms with Gasteiger partial charge in [-0.1, -0.05) is 6.07 Å². The number of fused-ring (bicyclic) bond motifs is 1. The second kappa shape index (κ2) is 5.40. The Morgan fingerprint density at radius 3 is 3.06 bits per heavy atom. The molecule has 2 rings (SSSR count). The summed E-state index contributed by atoms with van der Waals surface area (Å²) >= 11 is 0. The molecule has 98 valence electrons. The molecule has 1 aromatic rings. The van der Waals surface area contributed by atoms with Crippen LogP contribution in [-0.4, -0.2) is 32.1 Å². The van der Waals surface area contributed by atoms with Crippen LogP contribution >= 0.6 is 0 Å². The molecule has 0 saturated heterocycles. The summed E-state index contributed by atoms with van der Waals surface area (Å²) in [5.41, 5.74) is 2.03. The first-order valence-electron chi connectivity index (χ1n) is 6.34. The zero-order valence-electron chi connectivity index (χ0n) is 11.2. The van der Waals surface area contributed by atoms with Crippen molar-refractivity contribution < 1.29 is 9.53 Å². The molecule has 0 fully saturated rings. The summed E-state index contributed by atoms with van der Waals surface area (Å²) in [6, 6.07) is 5.97. The Morgan fingerprint density at radius 2 is 2.33 bits per heavy atom. The molecule has 1 aliphatic rings. The third-order valence-corrected chi connectivity index (χ3v) is 3.06. The molecule has 0 spiro atoms. The Morgan fingerprint density at radius 1 is 1.56 bits per heavy atom. The van der Waals surface area contributed by atoms with E-state index in [-0.39, 0.29) is 12.0 Å². The fourth-order valence-electron chi connectivity index (χ4n) is 2.15. The number of benzene rings is 1. The molecule has 0 aromatic heterocycles. The first-order valence-corrected chi connectivity index (χ1v) is 6.34. The average molecular weight is 248 g/mol. The molecule has 1 aromatic carbocycles. The maximum atomic E-state index is 12.2. The largest absolute Gasteiger partial charge is 0.487 e. The molecule has 0 radical (unpaired) electrons. The summed E-state index contributed by atoms with van der Waals surface area (Å²) in [7, 11) is 1.85. The number of carbonyl (C=O) groups excluding carboxylic acids is 1. The van der Waals surface area contributed by atoms with E-state index in [4.69, 9.17) is 4.74 Å². The third kappa shape index (κ3) is 2.64. The van der Waals surface area contributed by atoms with Gasteiger partial charge in [0.1, 0.15) is 11.9 Å². The summed E-state index contributed by atoms with van der Waals surface area (Å²) in [4.78, 5) is 14.0. The van der Waals surface area contributed by atoms with Gasteiger partial charge in [0.15, 0.2) is 0 Å². The normalized spacial score (nSPS) is 18.2. The highest BCUT2D eigenvalue weighted by atomic mass is 16.5. The number of hydrogen-bond acceptors (Lipinski definition) is 3. The second-order valence-electron chi connectivity index (χ2n) is 4.76. The van der Waals surface area contributed by atoms with Gasteiger partial charge in [0.2, 0.25) is 5.91 Å². The van der Waals surface area contributed by atoms with Gasteiger partial charge in [-0.3, -0.25) is 4.79 Å². The van der Waals surface area contributed by atoms with Crippen molar-refractivity contribution in [3.05, 3.63) is 23.8 Å². The molecule has 18 heavy (non-hydrogen) atoms. The number of nitrogens with one attached hydrogen (secondary N) is 1. The topological polar surface area (TPSA) is 41.6 Å². The van der Waals surface area contributed by atoms with Crippen LogP contribution in [0.5, 0.6) is 5.75 Å². The van der Waals surface area contributed by atoms with Crippen molar-refractivity contribution in [1.82, 2.24) is 5.32 Å². The highest BCUT2D eigenvalue weighted by molar-refractivity contribution is 5.95. The van der Waals surface area contributed by atoms with E-state index in [9.17, 15) is 4.79 Å². The van der Waals surface area contributed by atoms with Gasteiger partial charge in [-0.15, -0.1) is 0 Å². The van der Waals surface area contributed by atoms with Gasteiger partial charge in [-0.05, 0) is 38.6 Å². The van der Waals surface area contributed by atoms with E-state index in [0.717, 1.165) is 17.0 Å². The number of rotatable bonds is 3. The lowest BCUT2D eigenvalue weighted by Gasteiger charge is -2.33. The number of hydrogen-bond donors (Lipinski definition) is 1. The van der Waals surface area contributed by atoms with E-state index in [1.54, 1.807) is 0 Å². The number of amides is 1. The minimum atomic E-state index is 0.0397. The van der Waals surface area contributed by atoms with E-state index >= 15 is 0 Å². The fourth-order valence-corrected chi connectivity index (χ4v) is 2.15. The summed E-state index contributed by atoms with van der Waals surface area (Å²) in [6.07, 6.45) is 0.550. The number of ether oxygens (including phenoxy) is 1. The van der Waals surface area contributed by atoms with Gasteiger partial charge >= 0.3 is 0 Å². The summed E-state index contributed by atoms with van der Waals surface area (Å²) in [6.45, 7) is 5.34. The zero-order chi connectivity index (χ0) is 13.1. The van der Waals surface area contributed by atoms with Crippen molar-refractivity contribution in [2.75, 3.05) is 25.0 Å². The van der Waals surface area contributed by atoms with E-state index in [0.29, 0.717) is 19.5 Å². The molecule has 1 N–H and O–H groups in total. The van der Waals surface area contributed by atoms with Gasteiger partial charge in [-0.25, -0.2) is 0 Å². The summed E-state index contributed by atoms with van der Waals surface area (Å²) in [5, 5.41) is 3.00. The Hall–Kier alpha value is -1.55. The monoisotopic (exact) mass is 248 g/mol. The van der Waals surface area contributed by atoms with Crippen molar-refractivity contribution >= 4 is 11.6 Å². The average Bonchev–Trinajstić information content (AvgIpc) is 2.34. The number of carbonyl (C=O) groups is 1. The summed E-state index contributed by atoms with van der Waals surface area (Å²) in [5.74, 6) is 0.955. The van der Waals surface area contributed by atoms with Gasteiger partial charge in [0.05, 0.1) is 12.2 Å². The van der Waals surface area contributed by atoms with Crippen LogP contribution < -0.4 is 15.0 Å². The van der Waals surface area contributed by atoms with Crippen molar-refractivity contribution in [2.45, 2.75) is 26.4 Å². The first kappa shape index (κ1) is 12.9. The Labute approximate surface area is 108 Å². The highest BCUT2D eigenvalue weighted by Gasteiger charge is 2.26. The van der Waals surface area contributed by atoms with Gasteiger partial charge in [0.25, 0.3) is 0 Å². The Balaban J connectivity index is 2.25. The van der Waals surface area contributed by atoms with Crippen LogP contribution in [-0.2, 0) is 4.79 Å². The van der Waals surface area contributed by atoms with Crippen molar-refractivity contribution in [1.29, 1.82) is 0 Å². The lowest BCUT2D eigenvalue weighted by atomic mass is 10.1. The van der Waals surface area contributed by atoms with E-state index < -0.39 is 0 Å². The molecule has 1 aliphatic heterocycles. The molecule has 0 bridgehead atoms. The molecule has 0 aliphatic carbocycles. The maximum absolute atomic E-state index is 12.2. The van der Waals surface area contributed by atoms with Gasteiger partial charge < -0.3 is 15.0 Å². The Kier molecular flexibility index (Phi) is 3.87. The smallest absolute Gasteiger partial charge is 0.228 e. The van der Waals surface area contributed by atoms with Crippen LogP contribution in [0.15, 0.2) is 18.2 Å². The molecule has 4 nitrogen and oxygen atoms in total. The van der Waals surface area contributed by atoms with Crippen LogP contribution in [0.1, 0.15) is 18.9 Å². The van der Waals surface area contributed by atoms with Crippen LogP contribution in [0.3, 0.4) is 0 Å². The standard InChI is InChI=1S/C14H20N2O2/c1-10-4-5-12-13(8-10)18-11(2)9-16(12)14(17)6-7-15-3/h4-5,8,11,15H,6-7,9H2,1-3H3. The molecule has 1 amide bonds. The van der Waals surface area contributed by atoms with Crippen LogP contribution in [0.4, 0.5) is 5.69 Å². The SMILES string of the molecule is CNCCC(=O)N1CC(C)Oc2cc(C)ccc21. The second-order valence-corrected chi connectivity index (χ2v) is 4.76. The quantitative estimate of drug-likeness (QED) is 0.885. The van der Waals surface area contributed by atoms with E-state index in [1.165, 1.54) is 0 Å². The third-order valence-electron chi connectivity index (χ3n) is 3.06. The number of aryl methyl sites for hydroxylation is 1. The Bertz CT molecular complexity index is 445. The zero-order valence-corrected chi connectivity index (χ0v) is 11.2. The van der Waals surface area contributed by atoms with Crippen molar-refractivity contribution in [2.24, 2.45) is 0 Å². The first-order chi connectivity index (χ1) is 8.61. The molecular formula is C14H20N2O2. The number of anilines is 1. The fraction of sp³-hybridized carbons (Fsp3) is 0.500. The molecule has 1 unspecified atom stereocenters. The summed E-state index contributed by atoms with van der Waals surface area (Å²) < 4.78 is 5.79. The molecule has 1 atom stereocenters. The van der Waals surface area contributed by atoms with Gasteiger partial charge in [0, 0.05) is 13.0 Å². The van der Waals surface area contributed by atoms with Crippen LogP contribution in [0.25, 0.3) is 0 Å².